The molecule has 0 saturated carbocycles. The van der Waals surface area contributed by atoms with Crippen molar-refractivity contribution in [3.05, 3.63) is 58.1 Å². The average Bonchev–Trinajstić information content (AvgIpc) is 2.53. The maximum atomic E-state index is 13.1. The summed E-state index contributed by atoms with van der Waals surface area (Å²) in [6.45, 7) is 4.24. The van der Waals surface area contributed by atoms with E-state index in [1.54, 1.807) is 23.8 Å². The Morgan fingerprint density at radius 3 is 2.55 bits per heavy atom. The van der Waals surface area contributed by atoms with E-state index in [1.165, 1.54) is 12.1 Å². The van der Waals surface area contributed by atoms with Crippen LogP contribution in [-0.4, -0.2) is 24.8 Å². The van der Waals surface area contributed by atoms with Crippen molar-refractivity contribution in [3.8, 4) is 11.3 Å². The Morgan fingerprint density at radius 1 is 1.18 bits per heavy atom. The van der Waals surface area contributed by atoms with Crippen molar-refractivity contribution in [1.82, 2.24) is 9.88 Å². The van der Waals surface area contributed by atoms with Crippen LogP contribution in [0.5, 0.6) is 0 Å². The maximum absolute atomic E-state index is 13.1. The zero-order chi connectivity index (χ0) is 15.9. The Balaban J connectivity index is 2.46. The first-order valence-corrected chi connectivity index (χ1v) is 7.35. The Morgan fingerprint density at radius 2 is 1.91 bits per heavy atom. The molecule has 5 heteroatoms. The van der Waals surface area contributed by atoms with E-state index >= 15 is 0 Å². The summed E-state index contributed by atoms with van der Waals surface area (Å²) in [5.41, 5.74) is 2.25. The number of methoxy groups -OCH3 is 1. The molecule has 1 aromatic carbocycles. The zero-order valence-corrected chi connectivity index (χ0v) is 12.9. The third kappa shape index (κ3) is 3.81. The maximum Gasteiger partial charge on any atom is 0.255 e. The Bertz CT molecular complexity index is 665. The van der Waals surface area contributed by atoms with Crippen LogP contribution < -0.4 is 10.9 Å². The first kappa shape index (κ1) is 16.4. The number of nitrogens with one attached hydrogen (secondary N) is 1. The molecule has 0 bridgehead atoms. The molecule has 0 radical (unpaired) electrons. The van der Waals surface area contributed by atoms with Crippen molar-refractivity contribution in [2.24, 2.45) is 0 Å². The molecule has 0 saturated heterocycles. The van der Waals surface area contributed by atoms with Crippen LogP contribution in [0.4, 0.5) is 4.39 Å². The van der Waals surface area contributed by atoms with Crippen LogP contribution in [0.1, 0.15) is 12.5 Å². The van der Waals surface area contributed by atoms with Gasteiger partial charge in [0.25, 0.3) is 5.56 Å². The molecular formula is C17H21FN2O2. The van der Waals surface area contributed by atoms with Gasteiger partial charge in [0.15, 0.2) is 0 Å². The van der Waals surface area contributed by atoms with Gasteiger partial charge in [-0.1, -0.05) is 13.0 Å². The lowest BCUT2D eigenvalue weighted by Gasteiger charge is -2.15. The van der Waals surface area contributed by atoms with E-state index in [4.69, 9.17) is 4.74 Å². The average molecular weight is 304 g/mol. The fourth-order valence-electron chi connectivity index (χ4n) is 2.30. The second-order valence-corrected chi connectivity index (χ2v) is 4.98. The molecular weight excluding hydrogens is 283 g/mol. The van der Waals surface area contributed by atoms with Gasteiger partial charge >= 0.3 is 0 Å². The summed E-state index contributed by atoms with van der Waals surface area (Å²) in [5, 5.41) is 3.16. The lowest BCUT2D eigenvalue weighted by Crippen LogP contribution is -2.29. The molecule has 0 aliphatic rings. The molecule has 0 amide bonds. The summed E-state index contributed by atoms with van der Waals surface area (Å²) in [6, 6.07) is 9.87. The number of rotatable bonds is 7. The molecule has 1 heterocycles. The molecule has 0 fully saturated rings. The van der Waals surface area contributed by atoms with Crippen molar-refractivity contribution >= 4 is 0 Å². The highest BCUT2D eigenvalue weighted by Gasteiger charge is 2.10. The third-order valence-electron chi connectivity index (χ3n) is 3.48. The number of ether oxygens (including phenoxy) is 1. The zero-order valence-electron chi connectivity index (χ0n) is 12.9. The van der Waals surface area contributed by atoms with Crippen LogP contribution in [0.2, 0.25) is 0 Å². The number of hydrogen-bond donors (Lipinski definition) is 1. The van der Waals surface area contributed by atoms with Gasteiger partial charge in [-0.25, -0.2) is 4.39 Å². The molecule has 118 valence electrons. The van der Waals surface area contributed by atoms with E-state index in [-0.39, 0.29) is 11.4 Å². The Kier molecular flexibility index (Phi) is 5.86. The van der Waals surface area contributed by atoms with E-state index in [0.717, 1.165) is 17.8 Å². The predicted octanol–water partition coefficient (Wildman–Crippen LogP) is 2.41. The molecule has 4 nitrogen and oxygen atoms in total. The lowest BCUT2D eigenvalue weighted by atomic mass is 10.1. The fraction of sp³-hybridized carbons (Fsp3) is 0.353. The van der Waals surface area contributed by atoms with Gasteiger partial charge in [-0.2, -0.15) is 0 Å². The highest BCUT2D eigenvalue weighted by Crippen LogP contribution is 2.19. The van der Waals surface area contributed by atoms with Gasteiger partial charge < -0.3 is 14.6 Å². The van der Waals surface area contributed by atoms with Crippen LogP contribution in [0.25, 0.3) is 11.3 Å². The number of nitrogens with zero attached hydrogens (tertiary/aromatic N) is 1. The molecule has 2 rings (SSSR count). The summed E-state index contributed by atoms with van der Waals surface area (Å²) < 4.78 is 19.9. The summed E-state index contributed by atoms with van der Waals surface area (Å²) in [6.07, 6.45) is 0. The van der Waals surface area contributed by atoms with Gasteiger partial charge in [-0.05, 0) is 42.4 Å². The second kappa shape index (κ2) is 7.87. The minimum Gasteiger partial charge on any atom is -0.383 e. The molecule has 1 N–H and O–H groups in total. The Hall–Kier alpha value is -1.98. The van der Waals surface area contributed by atoms with E-state index in [9.17, 15) is 9.18 Å². The molecule has 1 aromatic heterocycles. The monoisotopic (exact) mass is 304 g/mol. The number of benzene rings is 1. The first-order chi connectivity index (χ1) is 10.7. The summed E-state index contributed by atoms with van der Waals surface area (Å²) in [7, 11) is 1.60. The normalized spacial score (nSPS) is 10.9. The Labute approximate surface area is 129 Å². The molecule has 2 aromatic rings. The predicted molar refractivity (Wildman–Crippen MR) is 85.4 cm³/mol. The molecule has 22 heavy (non-hydrogen) atoms. The van der Waals surface area contributed by atoms with Gasteiger partial charge in [0, 0.05) is 25.8 Å². The molecule has 0 aliphatic carbocycles. The largest absolute Gasteiger partial charge is 0.383 e. The van der Waals surface area contributed by atoms with Crippen LogP contribution in [-0.2, 0) is 17.8 Å². The topological polar surface area (TPSA) is 43.3 Å². The summed E-state index contributed by atoms with van der Waals surface area (Å²) in [4.78, 5) is 12.6. The van der Waals surface area contributed by atoms with E-state index in [1.807, 2.05) is 19.1 Å². The minimum atomic E-state index is -0.293. The smallest absolute Gasteiger partial charge is 0.255 e. The van der Waals surface area contributed by atoms with Crippen LogP contribution in [0.3, 0.4) is 0 Å². The summed E-state index contributed by atoms with van der Waals surface area (Å²) in [5.74, 6) is -0.293. The summed E-state index contributed by atoms with van der Waals surface area (Å²) >= 11 is 0. The number of halogens is 1. The van der Waals surface area contributed by atoms with Gasteiger partial charge in [-0.15, -0.1) is 0 Å². The van der Waals surface area contributed by atoms with Crippen molar-refractivity contribution in [2.75, 3.05) is 20.3 Å². The number of hydrogen-bond acceptors (Lipinski definition) is 3. The van der Waals surface area contributed by atoms with Crippen molar-refractivity contribution in [2.45, 2.75) is 20.0 Å². The van der Waals surface area contributed by atoms with Crippen LogP contribution in [0, 0.1) is 5.82 Å². The van der Waals surface area contributed by atoms with Crippen molar-refractivity contribution in [3.63, 3.8) is 0 Å². The van der Waals surface area contributed by atoms with Gasteiger partial charge in [-0.3, -0.25) is 4.79 Å². The SMILES string of the molecule is CCNCc1ccc(-c2ccc(F)cc2)n(CCOC)c1=O. The van der Waals surface area contributed by atoms with Crippen LogP contribution >= 0.6 is 0 Å². The third-order valence-corrected chi connectivity index (χ3v) is 3.48. The van der Waals surface area contributed by atoms with Crippen molar-refractivity contribution < 1.29 is 9.13 Å². The van der Waals surface area contributed by atoms with E-state index in [2.05, 4.69) is 5.32 Å². The van der Waals surface area contributed by atoms with E-state index < -0.39 is 0 Å². The highest BCUT2D eigenvalue weighted by atomic mass is 19.1. The van der Waals surface area contributed by atoms with Crippen LogP contribution in [0.15, 0.2) is 41.2 Å². The standard InChI is InChI=1S/C17H21FN2O2/c1-3-19-12-14-6-9-16(13-4-7-15(18)8-5-13)20(17(14)21)10-11-22-2/h4-9,19H,3,10-12H2,1-2H3. The number of aromatic nitrogens is 1. The molecule has 0 unspecified atom stereocenters. The highest BCUT2D eigenvalue weighted by molar-refractivity contribution is 5.59. The molecule has 0 aliphatic heterocycles. The number of pyridine rings is 1. The molecule has 0 spiro atoms. The van der Waals surface area contributed by atoms with Crippen molar-refractivity contribution in [1.29, 1.82) is 0 Å². The minimum absolute atomic E-state index is 0.0418. The lowest BCUT2D eigenvalue weighted by molar-refractivity contribution is 0.186. The van der Waals surface area contributed by atoms with E-state index in [0.29, 0.717) is 25.3 Å². The van der Waals surface area contributed by atoms with Gasteiger partial charge in [0.2, 0.25) is 0 Å². The fourth-order valence-corrected chi connectivity index (χ4v) is 2.30. The second-order valence-electron chi connectivity index (χ2n) is 4.98. The molecule has 0 atom stereocenters. The van der Waals surface area contributed by atoms with Gasteiger partial charge in [0.1, 0.15) is 5.82 Å². The first-order valence-electron chi connectivity index (χ1n) is 7.35. The van der Waals surface area contributed by atoms with Gasteiger partial charge in [0.05, 0.1) is 12.3 Å². The quantitative estimate of drug-likeness (QED) is 0.854.